The van der Waals surface area contributed by atoms with Gasteiger partial charge in [-0.2, -0.15) is 4.98 Å². The SMILES string of the molecule is [Cl-].c1ccc(Nc2nc(NCC3CCCO3)c3ccccc3n2)cc1. The lowest BCUT2D eigenvalue weighted by atomic mass is 10.2. The van der Waals surface area contributed by atoms with Crippen LogP contribution < -0.4 is 23.0 Å². The van der Waals surface area contributed by atoms with Crippen LogP contribution in [0, 0.1) is 0 Å². The Morgan fingerprint density at radius 1 is 1.00 bits per heavy atom. The molecular formula is C19H20ClN4O-. The molecule has 25 heavy (non-hydrogen) atoms. The molecule has 1 aromatic heterocycles. The average molecular weight is 356 g/mol. The Balaban J connectivity index is 0.00000182. The summed E-state index contributed by atoms with van der Waals surface area (Å²) in [4.78, 5) is 9.29. The summed E-state index contributed by atoms with van der Waals surface area (Å²) < 4.78 is 5.69. The van der Waals surface area contributed by atoms with E-state index < -0.39 is 0 Å². The van der Waals surface area contributed by atoms with E-state index in [1.807, 2.05) is 54.6 Å². The number of rotatable bonds is 5. The van der Waals surface area contributed by atoms with Gasteiger partial charge in [0.15, 0.2) is 0 Å². The van der Waals surface area contributed by atoms with E-state index in [9.17, 15) is 0 Å². The Morgan fingerprint density at radius 3 is 2.60 bits per heavy atom. The number of aromatic nitrogens is 2. The molecule has 2 aromatic carbocycles. The van der Waals surface area contributed by atoms with Gasteiger partial charge in [0.1, 0.15) is 5.82 Å². The molecule has 6 heteroatoms. The highest BCUT2D eigenvalue weighted by atomic mass is 35.5. The van der Waals surface area contributed by atoms with Crippen molar-refractivity contribution in [2.45, 2.75) is 18.9 Å². The molecule has 0 amide bonds. The van der Waals surface area contributed by atoms with Crippen LogP contribution in [0.3, 0.4) is 0 Å². The molecule has 1 atom stereocenters. The van der Waals surface area contributed by atoms with Crippen molar-refractivity contribution in [3.05, 3.63) is 54.6 Å². The molecule has 2 N–H and O–H groups in total. The second-order valence-corrected chi connectivity index (χ2v) is 5.92. The molecule has 4 rings (SSSR count). The van der Waals surface area contributed by atoms with E-state index in [1.165, 1.54) is 0 Å². The van der Waals surface area contributed by atoms with Crippen molar-refractivity contribution in [3.8, 4) is 0 Å². The van der Waals surface area contributed by atoms with Crippen molar-refractivity contribution in [2.24, 2.45) is 0 Å². The van der Waals surface area contributed by atoms with Crippen molar-refractivity contribution in [1.82, 2.24) is 9.97 Å². The van der Waals surface area contributed by atoms with Crippen molar-refractivity contribution in [1.29, 1.82) is 0 Å². The van der Waals surface area contributed by atoms with Crippen LogP contribution in [0.4, 0.5) is 17.5 Å². The summed E-state index contributed by atoms with van der Waals surface area (Å²) in [6.07, 6.45) is 2.51. The molecule has 5 nitrogen and oxygen atoms in total. The van der Waals surface area contributed by atoms with E-state index in [4.69, 9.17) is 4.74 Å². The largest absolute Gasteiger partial charge is 1.00 e. The third-order valence-corrected chi connectivity index (χ3v) is 4.15. The summed E-state index contributed by atoms with van der Waals surface area (Å²) in [6.45, 7) is 1.63. The molecule has 130 valence electrons. The quantitative estimate of drug-likeness (QED) is 0.714. The molecule has 0 spiro atoms. The summed E-state index contributed by atoms with van der Waals surface area (Å²) in [5.74, 6) is 1.43. The minimum atomic E-state index is 0. The van der Waals surface area contributed by atoms with Gasteiger partial charge in [-0.3, -0.25) is 0 Å². The monoisotopic (exact) mass is 355 g/mol. The fourth-order valence-electron chi connectivity index (χ4n) is 2.93. The van der Waals surface area contributed by atoms with E-state index in [1.54, 1.807) is 0 Å². The number of hydrogen-bond donors (Lipinski definition) is 2. The van der Waals surface area contributed by atoms with Crippen LogP contribution in [0.2, 0.25) is 0 Å². The first kappa shape index (κ1) is 17.5. The van der Waals surface area contributed by atoms with Crippen LogP contribution in [0.1, 0.15) is 12.8 Å². The van der Waals surface area contributed by atoms with E-state index >= 15 is 0 Å². The van der Waals surface area contributed by atoms with Gasteiger partial charge in [-0.05, 0) is 37.1 Å². The Bertz CT molecular complexity index is 822. The maximum Gasteiger partial charge on any atom is 0.229 e. The first-order valence-corrected chi connectivity index (χ1v) is 8.33. The van der Waals surface area contributed by atoms with Gasteiger partial charge in [0, 0.05) is 24.2 Å². The molecule has 0 saturated carbocycles. The molecule has 2 heterocycles. The second kappa shape index (κ2) is 8.14. The number of nitrogens with one attached hydrogen (secondary N) is 2. The lowest BCUT2D eigenvalue weighted by Crippen LogP contribution is -3.00. The number of nitrogens with zero attached hydrogens (tertiary/aromatic N) is 2. The summed E-state index contributed by atoms with van der Waals surface area (Å²) >= 11 is 0. The van der Waals surface area contributed by atoms with Crippen molar-refractivity contribution >= 4 is 28.4 Å². The molecule has 1 saturated heterocycles. The average Bonchev–Trinajstić information content (AvgIpc) is 3.14. The molecular weight excluding hydrogens is 336 g/mol. The predicted octanol–water partition coefficient (Wildman–Crippen LogP) is 0.968. The minimum Gasteiger partial charge on any atom is -1.00 e. The molecule has 1 aliphatic rings. The Morgan fingerprint density at radius 2 is 1.80 bits per heavy atom. The number of anilines is 3. The fourth-order valence-corrected chi connectivity index (χ4v) is 2.93. The molecule has 3 aromatic rings. The Hall–Kier alpha value is -2.37. The highest BCUT2D eigenvalue weighted by Crippen LogP contribution is 2.24. The van der Waals surface area contributed by atoms with Crippen LogP contribution in [0.25, 0.3) is 10.9 Å². The number of fused-ring (bicyclic) bond motifs is 1. The van der Waals surface area contributed by atoms with Crippen molar-refractivity contribution in [3.63, 3.8) is 0 Å². The molecule has 0 bridgehead atoms. The van der Waals surface area contributed by atoms with Gasteiger partial charge < -0.3 is 27.8 Å². The van der Waals surface area contributed by atoms with Gasteiger partial charge in [0.25, 0.3) is 0 Å². The van der Waals surface area contributed by atoms with Crippen molar-refractivity contribution in [2.75, 3.05) is 23.8 Å². The summed E-state index contributed by atoms with van der Waals surface area (Å²) in [6, 6.07) is 18.0. The highest BCUT2D eigenvalue weighted by molar-refractivity contribution is 5.90. The van der Waals surface area contributed by atoms with Gasteiger partial charge in [-0.25, -0.2) is 4.98 Å². The number of ether oxygens (including phenoxy) is 1. The van der Waals surface area contributed by atoms with Gasteiger partial charge >= 0.3 is 0 Å². The van der Waals surface area contributed by atoms with Gasteiger partial charge in [0.05, 0.1) is 11.6 Å². The van der Waals surface area contributed by atoms with Crippen LogP contribution in [-0.4, -0.2) is 29.2 Å². The van der Waals surface area contributed by atoms with Gasteiger partial charge in [-0.15, -0.1) is 0 Å². The Kier molecular flexibility index (Phi) is 5.68. The van der Waals surface area contributed by atoms with Crippen LogP contribution >= 0.6 is 0 Å². The van der Waals surface area contributed by atoms with E-state index in [0.717, 1.165) is 48.4 Å². The first-order valence-electron chi connectivity index (χ1n) is 8.33. The number of para-hydroxylation sites is 2. The van der Waals surface area contributed by atoms with E-state index in [-0.39, 0.29) is 18.5 Å². The number of benzene rings is 2. The summed E-state index contributed by atoms with van der Waals surface area (Å²) in [7, 11) is 0. The fraction of sp³-hybridized carbons (Fsp3) is 0.263. The normalized spacial score (nSPS) is 16.4. The third kappa shape index (κ3) is 4.18. The third-order valence-electron chi connectivity index (χ3n) is 4.15. The van der Waals surface area contributed by atoms with Crippen LogP contribution in [-0.2, 0) is 4.74 Å². The Labute approximate surface area is 153 Å². The summed E-state index contributed by atoms with van der Waals surface area (Å²) in [5.41, 5.74) is 1.89. The maximum atomic E-state index is 5.69. The molecule has 1 aliphatic heterocycles. The van der Waals surface area contributed by atoms with E-state index in [2.05, 4.69) is 20.6 Å². The first-order chi connectivity index (χ1) is 11.9. The molecule has 1 unspecified atom stereocenters. The smallest absolute Gasteiger partial charge is 0.229 e. The predicted molar refractivity (Wildman–Crippen MR) is 96.7 cm³/mol. The molecule has 1 fully saturated rings. The van der Waals surface area contributed by atoms with Gasteiger partial charge in [0.2, 0.25) is 5.95 Å². The minimum absolute atomic E-state index is 0. The molecule has 0 aliphatic carbocycles. The van der Waals surface area contributed by atoms with Crippen LogP contribution in [0.5, 0.6) is 0 Å². The highest BCUT2D eigenvalue weighted by Gasteiger charge is 2.16. The summed E-state index contributed by atoms with van der Waals surface area (Å²) in [5, 5.41) is 7.73. The zero-order valence-electron chi connectivity index (χ0n) is 13.8. The zero-order valence-corrected chi connectivity index (χ0v) is 14.5. The topological polar surface area (TPSA) is 59.1 Å². The standard InChI is InChI=1S/C19H20N4O.ClH/c1-2-7-14(8-3-1)21-19-22-17-11-5-4-10-16(17)18(23-19)20-13-15-9-6-12-24-15;/h1-5,7-8,10-11,15H,6,9,12-13H2,(H2,20,21,22,23);1H/p-1. The number of halogens is 1. The van der Waals surface area contributed by atoms with Crippen LogP contribution in [0.15, 0.2) is 54.6 Å². The second-order valence-electron chi connectivity index (χ2n) is 5.92. The van der Waals surface area contributed by atoms with E-state index in [0.29, 0.717) is 5.95 Å². The van der Waals surface area contributed by atoms with Gasteiger partial charge in [-0.1, -0.05) is 30.3 Å². The lowest BCUT2D eigenvalue weighted by Gasteiger charge is -2.14. The zero-order chi connectivity index (χ0) is 16.2. The van der Waals surface area contributed by atoms with Crippen molar-refractivity contribution < 1.29 is 17.1 Å². The molecule has 0 radical (unpaired) electrons. The maximum absolute atomic E-state index is 5.69. The lowest BCUT2D eigenvalue weighted by molar-refractivity contribution is -0.00000613. The number of hydrogen-bond acceptors (Lipinski definition) is 5.